The highest BCUT2D eigenvalue weighted by Gasteiger charge is 2.17. The Morgan fingerprint density at radius 3 is 2.55 bits per heavy atom. The zero-order chi connectivity index (χ0) is 22.2. The number of halogens is 1. The zero-order valence-corrected chi connectivity index (χ0v) is 18.0. The molecular formula is C27H27FN2O. The summed E-state index contributed by atoms with van der Waals surface area (Å²) in [5.74, 6) is -0.490. The van der Waals surface area contributed by atoms with Crippen LogP contribution in [0, 0.1) is 11.2 Å². The quantitative estimate of drug-likeness (QED) is 0.332. The van der Waals surface area contributed by atoms with Gasteiger partial charge in [-0.25, -0.2) is 4.39 Å². The van der Waals surface area contributed by atoms with E-state index in [-0.39, 0.29) is 23.7 Å². The molecule has 2 aromatic carbocycles. The van der Waals surface area contributed by atoms with E-state index in [0.29, 0.717) is 12.0 Å². The third-order valence-corrected chi connectivity index (χ3v) is 5.01. The molecule has 0 aliphatic rings. The van der Waals surface area contributed by atoms with Crippen LogP contribution in [0.2, 0.25) is 0 Å². The summed E-state index contributed by atoms with van der Waals surface area (Å²) in [6, 6.07) is 16.1. The number of carbonyl (C=O) groups excluding carboxylic acids is 1. The van der Waals surface area contributed by atoms with Crippen LogP contribution >= 0.6 is 0 Å². The lowest BCUT2D eigenvalue weighted by atomic mass is 9.92. The first-order chi connectivity index (χ1) is 14.9. The number of hydrogen-bond donors (Lipinski definition) is 1. The van der Waals surface area contributed by atoms with Crippen molar-refractivity contribution in [3.63, 3.8) is 0 Å². The molecule has 3 nitrogen and oxygen atoms in total. The topological polar surface area (TPSA) is 53.8 Å². The molecule has 0 aliphatic heterocycles. The maximum absolute atomic E-state index is 13.5. The van der Waals surface area contributed by atoms with Crippen molar-refractivity contribution < 1.29 is 9.18 Å². The van der Waals surface area contributed by atoms with Crippen LogP contribution in [-0.4, -0.2) is 16.5 Å². The van der Waals surface area contributed by atoms with E-state index in [1.807, 2.05) is 44.2 Å². The summed E-state index contributed by atoms with van der Waals surface area (Å²) >= 11 is 0. The molecule has 0 amide bonds. The minimum absolute atomic E-state index is 0.0503. The minimum Gasteiger partial charge on any atom is -0.301 e. The van der Waals surface area contributed by atoms with Gasteiger partial charge in [0.05, 0.1) is 5.71 Å². The molecule has 0 aliphatic carbocycles. The van der Waals surface area contributed by atoms with Gasteiger partial charge in [-0.1, -0.05) is 48.0 Å². The van der Waals surface area contributed by atoms with Crippen LogP contribution in [0.25, 0.3) is 6.08 Å². The van der Waals surface area contributed by atoms with E-state index in [4.69, 9.17) is 5.41 Å². The fourth-order valence-electron chi connectivity index (χ4n) is 3.59. The van der Waals surface area contributed by atoms with Gasteiger partial charge in [0.15, 0.2) is 0 Å². The summed E-state index contributed by atoms with van der Waals surface area (Å²) < 4.78 is 13.5. The number of nitrogens with zero attached hydrogens (tertiary/aromatic N) is 1. The third kappa shape index (κ3) is 6.54. The number of aromatic nitrogens is 1. The van der Waals surface area contributed by atoms with Gasteiger partial charge in [0.2, 0.25) is 5.78 Å². The van der Waals surface area contributed by atoms with E-state index in [1.54, 1.807) is 30.6 Å². The van der Waals surface area contributed by atoms with Gasteiger partial charge in [-0.2, -0.15) is 0 Å². The second-order valence-electron chi connectivity index (χ2n) is 7.97. The van der Waals surface area contributed by atoms with Crippen molar-refractivity contribution in [2.75, 3.05) is 0 Å². The van der Waals surface area contributed by atoms with Gasteiger partial charge >= 0.3 is 0 Å². The highest BCUT2D eigenvalue weighted by atomic mass is 19.1. The molecule has 0 radical (unpaired) electrons. The lowest BCUT2D eigenvalue weighted by molar-refractivity contribution is 0.106. The molecule has 158 valence electrons. The molecule has 4 heteroatoms. The largest absolute Gasteiger partial charge is 0.301 e. The van der Waals surface area contributed by atoms with Gasteiger partial charge in [-0.3, -0.25) is 9.78 Å². The van der Waals surface area contributed by atoms with Crippen LogP contribution in [0.15, 0.2) is 72.6 Å². The molecule has 0 spiro atoms. The zero-order valence-electron chi connectivity index (χ0n) is 18.0. The number of hydrogen-bond acceptors (Lipinski definition) is 3. The van der Waals surface area contributed by atoms with Crippen molar-refractivity contribution in [3.8, 4) is 0 Å². The molecule has 0 unspecified atom stereocenters. The number of allylic oxidation sites excluding steroid dienone is 1. The number of nitrogens with one attached hydrogen (secondary N) is 1. The number of Topliss-reactive ketones (excluding diaryl/α,β-unsaturated/α-hetero) is 1. The summed E-state index contributed by atoms with van der Waals surface area (Å²) in [5, 5.41) is 8.34. The van der Waals surface area contributed by atoms with Crippen LogP contribution in [-0.2, 0) is 19.3 Å². The first-order valence-electron chi connectivity index (χ1n) is 10.5. The normalized spacial score (nSPS) is 10.5. The first-order valence-corrected chi connectivity index (χ1v) is 10.5. The average molecular weight is 415 g/mol. The maximum atomic E-state index is 13.5. The number of pyridine rings is 1. The Labute approximate surface area is 183 Å². The van der Waals surface area contributed by atoms with Crippen molar-refractivity contribution in [1.29, 1.82) is 5.41 Å². The molecule has 1 aromatic heterocycles. The van der Waals surface area contributed by atoms with Gasteiger partial charge in [0.1, 0.15) is 5.82 Å². The van der Waals surface area contributed by atoms with E-state index >= 15 is 0 Å². The van der Waals surface area contributed by atoms with Crippen molar-refractivity contribution in [2.45, 2.75) is 39.5 Å². The Morgan fingerprint density at radius 2 is 1.84 bits per heavy atom. The Morgan fingerprint density at radius 1 is 1.03 bits per heavy atom. The SMILES string of the molecule is CC(C)=Cc1ccc(C(=O)C(=N)Cc2cccnc2)c(CCCc2cccc(F)c2)c1. The summed E-state index contributed by atoms with van der Waals surface area (Å²) in [6.07, 6.45) is 7.88. The number of benzene rings is 2. The van der Waals surface area contributed by atoms with Crippen molar-refractivity contribution in [2.24, 2.45) is 0 Å². The smallest absolute Gasteiger partial charge is 0.207 e. The fourth-order valence-corrected chi connectivity index (χ4v) is 3.59. The summed E-state index contributed by atoms with van der Waals surface area (Å²) in [4.78, 5) is 17.1. The van der Waals surface area contributed by atoms with E-state index in [9.17, 15) is 9.18 Å². The van der Waals surface area contributed by atoms with Crippen molar-refractivity contribution in [1.82, 2.24) is 4.98 Å². The van der Waals surface area contributed by atoms with Gasteiger partial charge in [0, 0.05) is 24.4 Å². The predicted molar refractivity (Wildman–Crippen MR) is 124 cm³/mol. The molecule has 0 atom stereocenters. The monoisotopic (exact) mass is 414 g/mol. The number of rotatable bonds is 9. The van der Waals surface area contributed by atoms with Gasteiger partial charge in [0.25, 0.3) is 0 Å². The number of aryl methyl sites for hydroxylation is 2. The van der Waals surface area contributed by atoms with Crippen LogP contribution < -0.4 is 0 Å². The van der Waals surface area contributed by atoms with E-state index in [1.165, 1.54) is 11.6 Å². The number of ketones is 1. The second kappa shape index (κ2) is 10.6. The fraction of sp³-hybridized carbons (Fsp3) is 0.222. The Hall–Kier alpha value is -3.40. The van der Waals surface area contributed by atoms with Gasteiger partial charge in [-0.15, -0.1) is 0 Å². The molecule has 0 saturated heterocycles. The Balaban J connectivity index is 1.80. The highest BCUT2D eigenvalue weighted by molar-refractivity contribution is 6.45. The molecule has 3 rings (SSSR count). The van der Waals surface area contributed by atoms with E-state index < -0.39 is 0 Å². The lowest BCUT2D eigenvalue weighted by Gasteiger charge is -2.12. The van der Waals surface area contributed by atoms with Crippen molar-refractivity contribution in [3.05, 3.63) is 106 Å². The van der Waals surface area contributed by atoms with Gasteiger partial charge in [-0.05, 0) is 73.6 Å². The van der Waals surface area contributed by atoms with Crippen LogP contribution in [0.4, 0.5) is 4.39 Å². The predicted octanol–water partition coefficient (Wildman–Crippen LogP) is 6.26. The summed E-state index contributed by atoms with van der Waals surface area (Å²) in [6.45, 7) is 4.07. The molecule has 31 heavy (non-hydrogen) atoms. The lowest BCUT2D eigenvalue weighted by Crippen LogP contribution is -2.18. The molecular weight excluding hydrogens is 387 g/mol. The Bertz CT molecular complexity index is 1100. The molecule has 0 saturated carbocycles. The molecule has 1 N–H and O–H groups in total. The Kier molecular flexibility index (Phi) is 7.60. The first kappa shape index (κ1) is 22.3. The number of carbonyl (C=O) groups is 1. The molecule has 0 fully saturated rings. The second-order valence-corrected chi connectivity index (χ2v) is 7.97. The summed E-state index contributed by atoms with van der Waals surface area (Å²) in [5.41, 5.74) is 5.54. The maximum Gasteiger partial charge on any atom is 0.207 e. The minimum atomic E-state index is -0.256. The van der Waals surface area contributed by atoms with Crippen molar-refractivity contribution >= 4 is 17.6 Å². The third-order valence-electron chi connectivity index (χ3n) is 5.01. The standard InChI is InChI=1S/C27H27FN2O/c1-19(2)14-21-11-12-25(27(31)26(29)17-22-8-5-13-30-18-22)23(15-21)9-3-6-20-7-4-10-24(28)16-20/h4-5,7-8,10-16,18,29H,3,6,9,17H2,1-2H3. The van der Waals surface area contributed by atoms with Gasteiger partial charge < -0.3 is 5.41 Å². The summed E-state index contributed by atoms with van der Waals surface area (Å²) in [7, 11) is 0. The van der Waals surface area contributed by atoms with Crippen LogP contribution in [0.3, 0.4) is 0 Å². The highest BCUT2D eigenvalue weighted by Crippen LogP contribution is 2.20. The molecule has 0 bridgehead atoms. The van der Waals surface area contributed by atoms with E-state index in [2.05, 4.69) is 11.1 Å². The van der Waals surface area contributed by atoms with E-state index in [0.717, 1.165) is 35.1 Å². The van der Waals surface area contributed by atoms with Crippen LogP contribution in [0.5, 0.6) is 0 Å². The molecule has 3 aromatic rings. The average Bonchev–Trinajstić information content (AvgIpc) is 2.74. The molecule has 1 heterocycles. The van der Waals surface area contributed by atoms with Crippen LogP contribution in [0.1, 0.15) is 52.9 Å².